The fourth-order valence-corrected chi connectivity index (χ4v) is 3.01. The zero-order valence-corrected chi connectivity index (χ0v) is 16.8. The number of nitriles is 1. The number of hydrogen-bond acceptors (Lipinski definition) is 7. The summed E-state index contributed by atoms with van der Waals surface area (Å²) < 4.78 is 6.17. The number of ether oxygens (including phenoxy) is 1. The number of benzene rings is 2. The van der Waals surface area contributed by atoms with Gasteiger partial charge in [0.25, 0.3) is 5.69 Å². The van der Waals surface area contributed by atoms with Gasteiger partial charge in [-0.05, 0) is 36.4 Å². The lowest BCUT2D eigenvalue weighted by molar-refractivity contribution is -0.383. The zero-order chi connectivity index (χ0) is 23.3. The third-order valence-corrected chi connectivity index (χ3v) is 4.51. The molecule has 0 saturated heterocycles. The molecule has 0 aliphatic rings. The summed E-state index contributed by atoms with van der Waals surface area (Å²) in [7, 11) is 1.23. The van der Waals surface area contributed by atoms with E-state index in [0.29, 0.717) is 5.69 Å². The Hall–Kier alpha value is -4.78. The Labute approximate surface area is 181 Å². The van der Waals surface area contributed by atoms with Crippen molar-refractivity contribution in [2.24, 2.45) is 0 Å². The summed E-state index contributed by atoms with van der Waals surface area (Å²) >= 11 is 0. The molecule has 0 bridgehead atoms. The summed E-state index contributed by atoms with van der Waals surface area (Å²) in [4.78, 5) is 47.5. The highest BCUT2D eigenvalue weighted by Crippen LogP contribution is 2.28. The lowest BCUT2D eigenvalue weighted by Crippen LogP contribution is -2.18. The summed E-state index contributed by atoms with van der Waals surface area (Å²) in [6.07, 6.45) is 0.984. The average Bonchev–Trinajstić information content (AvgIpc) is 3.28. The van der Waals surface area contributed by atoms with Crippen LogP contribution in [0.3, 0.4) is 0 Å². The maximum Gasteiger partial charge on any atom is 0.355 e. The largest absolute Gasteiger partial charge is 0.464 e. The standard InChI is InChI=1S/C22H16N4O6/c1-32-22(29)19-6-3-9-25(19)16-7-8-18(26(30)31)17(11-16)24-21(28)12-20(27)15-5-2-4-14(10-15)13-23/h2-11H,12H2,1H3,(H,24,28). The summed E-state index contributed by atoms with van der Waals surface area (Å²) in [5, 5.41) is 22.7. The van der Waals surface area contributed by atoms with Crippen LogP contribution in [-0.2, 0) is 9.53 Å². The molecule has 0 spiro atoms. The Morgan fingerprint density at radius 3 is 2.62 bits per heavy atom. The molecule has 1 heterocycles. The minimum atomic E-state index is -0.765. The molecule has 10 heteroatoms. The van der Waals surface area contributed by atoms with Crippen LogP contribution in [0, 0.1) is 21.4 Å². The van der Waals surface area contributed by atoms with Crippen LogP contribution in [0.1, 0.15) is 32.8 Å². The van der Waals surface area contributed by atoms with Crippen molar-refractivity contribution in [3.05, 3.63) is 87.7 Å². The molecular weight excluding hydrogens is 416 g/mol. The maximum atomic E-state index is 12.4. The Bertz CT molecular complexity index is 1270. The van der Waals surface area contributed by atoms with E-state index in [0.717, 1.165) is 0 Å². The lowest BCUT2D eigenvalue weighted by atomic mass is 10.1. The van der Waals surface area contributed by atoms with E-state index in [1.165, 1.54) is 60.2 Å². The number of carbonyl (C=O) groups excluding carboxylic acids is 3. The van der Waals surface area contributed by atoms with Gasteiger partial charge in [-0.2, -0.15) is 5.26 Å². The number of Topliss-reactive ketones (excluding diaryl/α,β-unsaturated/α-hetero) is 1. The van der Waals surface area contributed by atoms with Crippen LogP contribution in [0.15, 0.2) is 60.8 Å². The molecule has 0 fully saturated rings. The van der Waals surface area contributed by atoms with Crippen molar-refractivity contribution in [2.45, 2.75) is 6.42 Å². The predicted octanol–water partition coefficient (Wildman–Crippen LogP) is 3.26. The quantitative estimate of drug-likeness (QED) is 0.198. The van der Waals surface area contributed by atoms with Crippen molar-refractivity contribution in [3.63, 3.8) is 0 Å². The van der Waals surface area contributed by atoms with Crippen LogP contribution < -0.4 is 5.32 Å². The van der Waals surface area contributed by atoms with Gasteiger partial charge in [-0.1, -0.05) is 12.1 Å². The van der Waals surface area contributed by atoms with E-state index in [2.05, 4.69) is 5.32 Å². The summed E-state index contributed by atoms with van der Waals surface area (Å²) in [6.45, 7) is 0. The van der Waals surface area contributed by atoms with Gasteiger partial charge in [0.15, 0.2) is 5.78 Å². The van der Waals surface area contributed by atoms with Gasteiger partial charge in [-0.15, -0.1) is 0 Å². The van der Waals surface area contributed by atoms with Crippen LogP contribution in [0.5, 0.6) is 0 Å². The molecule has 3 rings (SSSR count). The second kappa shape index (κ2) is 9.36. The Balaban J connectivity index is 1.87. The van der Waals surface area contributed by atoms with Crippen molar-refractivity contribution in [1.29, 1.82) is 5.26 Å². The molecule has 0 radical (unpaired) electrons. The first-order valence-corrected chi connectivity index (χ1v) is 9.21. The maximum absolute atomic E-state index is 12.4. The summed E-state index contributed by atoms with van der Waals surface area (Å²) in [5.74, 6) is -1.92. The van der Waals surface area contributed by atoms with E-state index in [1.807, 2.05) is 6.07 Å². The molecule has 1 aromatic heterocycles. The van der Waals surface area contributed by atoms with Gasteiger partial charge in [-0.25, -0.2) is 4.79 Å². The lowest BCUT2D eigenvalue weighted by Gasteiger charge is -2.11. The molecule has 0 atom stereocenters. The molecule has 0 aliphatic carbocycles. The smallest absolute Gasteiger partial charge is 0.355 e. The predicted molar refractivity (Wildman–Crippen MR) is 112 cm³/mol. The second-order valence-corrected chi connectivity index (χ2v) is 6.55. The number of aromatic nitrogens is 1. The first-order chi connectivity index (χ1) is 15.3. The minimum Gasteiger partial charge on any atom is -0.464 e. The highest BCUT2D eigenvalue weighted by molar-refractivity contribution is 6.11. The zero-order valence-electron chi connectivity index (χ0n) is 16.8. The number of carbonyl (C=O) groups is 3. The number of hydrogen-bond donors (Lipinski definition) is 1. The van der Waals surface area contributed by atoms with Gasteiger partial charge in [0.2, 0.25) is 5.91 Å². The minimum absolute atomic E-state index is 0.138. The third-order valence-electron chi connectivity index (χ3n) is 4.51. The Kier molecular flexibility index (Phi) is 6.41. The van der Waals surface area contributed by atoms with E-state index in [4.69, 9.17) is 10.00 Å². The second-order valence-electron chi connectivity index (χ2n) is 6.55. The van der Waals surface area contributed by atoms with Gasteiger partial charge in [0.05, 0.1) is 30.1 Å². The van der Waals surface area contributed by atoms with Gasteiger partial charge in [0.1, 0.15) is 11.4 Å². The molecule has 10 nitrogen and oxygen atoms in total. The van der Waals surface area contributed by atoms with Crippen LogP contribution in [0.4, 0.5) is 11.4 Å². The van der Waals surface area contributed by atoms with Crippen LogP contribution in [0.2, 0.25) is 0 Å². The van der Waals surface area contributed by atoms with E-state index >= 15 is 0 Å². The molecule has 32 heavy (non-hydrogen) atoms. The topological polar surface area (TPSA) is 144 Å². The third kappa shape index (κ3) is 4.68. The number of rotatable bonds is 7. The fraction of sp³-hybridized carbons (Fsp3) is 0.0909. The van der Waals surface area contributed by atoms with Crippen LogP contribution in [0.25, 0.3) is 5.69 Å². The number of nitrogens with one attached hydrogen (secondary N) is 1. The fourth-order valence-electron chi connectivity index (χ4n) is 3.01. The molecule has 0 aliphatic heterocycles. The highest BCUT2D eigenvalue weighted by atomic mass is 16.6. The summed E-state index contributed by atoms with van der Waals surface area (Å²) in [5.41, 5.74) is 0.481. The molecule has 0 saturated carbocycles. The van der Waals surface area contributed by atoms with E-state index in [9.17, 15) is 24.5 Å². The molecule has 1 N–H and O–H groups in total. The first-order valence-electron chi connectivity index (χ1n) is 9.21. The molecular formula is C22H16N4O6. The number of nitro groups is 1. The monoisotopic (exact) mass is 432 g/mol. The van der Waals surface area contributed by atoms with Crippen molar-refractivity contribution < 1.29 is 24.0 Å². The molecule has 2 aromatic carbocycles. The molecule has 1 amide bonds. The highest BCUT2D eigenvalue weighted by Gasteiger charge is 2.21. The van der Waals surface area contributed by atoms with E-state index in [1.54, 1.807) is 12.3 Å². The normalized spacial score (nSPS) is 10.1. The number of nitro benzene ring substituents is 1. The number of ketones is 1. The SMILES string of the molecule is COC(=O)c1cccn1-c1ccc([N+](=O)[O-])c(NC(=O)CC(=O)c2cccc(C#N)c2)c1. The number of anilines is 1. The number of esters is 1. The molecule has 3 aromatic rings. The van der Waals surface area contributed by atoms with Crippen LogP contribution in [-0.4, -0.2) is 34.3 Å². The van der Waals surface area contributed by atoms with Gasteiger partial charge < -0.3 is 14.6 Å². The Morgan fingerprint density at radius 1 is 1.16 bits per heavy atom. The van der Waals surface area contributed by atoms with Gasteiger partial charge in [-0.3, -0.25) is 19.7 Å². The summed E-state index contributed by atoms with van der Waals surface area (Å²) in [6, 6.07) is 14.8. The van der Waals surface area contributed by atoms with Crippen molar-refractivity contribution in [3.8, 4) is 11.8 Å². The van der Waals surface area contributed by atoms with Crippen molar-refractivity contribution >= 4 is 29.0 Å². The van der Waals surface area contributed by atoms with Crippen molar-refractivity contribution in [2.75, 3.05) is 12.4 Å². The number of nitrogens with zero attached hydrogens (tertiary/aromatic N) is 3. The number of methoxy groups -OCH3 is 1. The first kappa shape index (κ1) is 21.9. The van der Waals surface area contributed by atoms with Gasteiger partial charge >= 0.3 is 5.97 Å². The van der Waals surface area contributed by atoms with Gasteiger partial charge in [0, 0.05) is 23.5 Å². The molecule has 160 valence electrons. The van der Waals surface area contributed by atoms with Crippen LogP contribution >= 0.6 is 0 Å². The van der Waals surface area contributed by atoms with E-state index < -0.39 is 29.0 Å². The average molecular weight is 432 g/mol. The molecule has 0 unspecified atom stereocenters. The van der Waals surface area contributed by atoms with E-state index in [-0.39, 0.29) is 28.2 Å². The Morgan fingerprint density at radius 2 is 1.94 bits per heavy atom. The van der Waals surface area contributed by atoms with Crippen molar-refractivity contribution in [1.82, 2.24) is 4.57 Å². The number of amides is 1.